The molecule has 0 saturated carbocycles. The van der Waals surface area contributed by atoms with Crippen LogP contribution in [0, 0.1) is 25.2 Å². The van der Waals surface area contributed by atoms with Gasteiger partial charge in [0.2, 0.25) is 0 Å². The normalized spacial score (nSPS) is 10.2. The summed E-state index contributed by atoms with van der Waals surface area (Å²) in [6.07, 6.45) is 0.512. The Kier molecular flexibility index (Phi) is 3.52. The van der Waals surface area contributed by atoms with E-state index >= 15 is 0 Å². The highest BCUT2D eigenvalue weighted by molar-refractivity contribution is 5.97. The standard InChI is InChI=1S/C16H16N2O/c1-4-16(19)15-9-11(2)18(12(15)3)14-7-5-13(10-17)6-8-14/h5-9H,4H2,1-3H3. The predicted octanol–water partition coefficient (Wildman–Crippen LogP) is 3.56. The lowest BCUT2D eigenvalue weighted by Crippen LogP contribution is -2.02. The quantitative estimate of drug-likeness (QED) is 0.784. The third kappa shape index (κ3) is 2.30. The first kappa shape index (κ1) is 13.1. The number of nitriles is 1. The van der Waals surface area contributed by atoms with Crippen LogP contribution in [0.25, 0.3) is 5.69 Å². The van der Waals surface area contributed by atoms with E-state index in [-0.39, 0.29) is 5.78 Å². The van der Waals surface area contributed by atoms with Gasteiger partial charge in [-0.1, -0.05) is 6.92 Å². The summed E-state index contributed by atoms with van der Waals surface area (Å²) in [4.78, 5) is 11.9. The highest BCUT2D eigenvalue weighted by Gasteiger charge is 2.15. The molecule has 0 aliphatic heterocycles. The van der Waals surface area contributed by atoms with Crippen molar-refractivity contribution in [1.29, 1.82) is 5.26 Å². The lowest BCUT2D eigenvalue weighted by atomic mass is 10.1. The van der Waals surface area contributed by atoms with Crippen molar-refractivity contribution in [2.75, 3.05) is 0 Å². The Bertz CT molecular complexity index is 657. The summed E-state index contributed by atoms with van der Waals surface area (Å²) < 4.78 is 2.05. The van der Waals surface area contributed by atoms with Gasteiger partial charge in [-0.3, -0.25) is 4.79 Å². The van der Waals surface area contributed by atoms with Crippen molar-refractivity contribution in [3.63, 3.8) is 0 Å². The molecule has 0 aliphatic carbocycles. The van der Waals surface area contributed by atoms with Crippen molar-refractivity contribution in [2.45, 2.75) is 27.2 Å². The number of hydrogen-bond acceptors (Lipinski definition) is 2. The number of carbonyl (C=O) groups excluding carboxylic acids is 1. The second kappa shape index (κ2) is 5.11. The Hall–Kier alpha value is -2.34. The van der Waals surface area contributed by atoms with Gasteiger partial charge < -0.3 is 4.57 Å². The number of rotatable bonds is 3. The number of nitrogens with zero attached hydrogens (tertiary/aromatic N) is 2. The zero-order valence-electron chi connectivity index (χ0n) is 11.4. The Morgan fingerprint density at radius 2 is 1.89 bits per heavy atom. The van der Waals surface area contributed by atoms with Crippen LogP contribution in [0.4, 0.5) is 0 Å². The summed E-state index contributed by atoms with van der Waals surface area (Å²) >= 11 is 0. The van der Waals surface area contributed by atoms with Gasteiger partial charge in [0.15, 0.2) is 5.78 Å². The van der Waals surface area contributed by atoms with Crippen molar-refractivity contribution in [2.24, 2.45) is 0 Å². The molecule has 1 aromatic carbocycles. The van der Waals surface area contributed by atoms with Crippen LogP contribution < -0.4 is 0 Å². The molecular weight excluding hydrogens is 236 g/mol. The van der Waals surface area contributed by atoms with Gasteiger partial charge in [-0.15, -0.1) is 0 Å². The molecule has 96 valence electrons. The van der Waals surface area contributed by atoms with E-state index in [9.17, 15) is 4.79 Å². The molecule has 0 fully saturated rings. The minimum absolute atomic E-state index is 0.160. The maximum Gasteiger partial charge on any atom is 0.164 e. The number of aryl methyl sites for hydroxylation is 1. The van der Waals surface area contributed by atoms with Gasteiger partial charge in [0.25, 0.3) is 0 Å². The van der Waals surface area contributed by atoms with Gasteiger partial charge in [0, 0.05) is 29.1 Å². The lowest BCUT2D eigenvalue weighted by Gasteiger charge is -2.09. The molecule has 2 aromatic rings. The van der Waals surface area contributed by atoms with Gasteiger partial charge in [-0.2, -0.15) is 5.26 Å². The van der Waals surface area contributed by atoms with Gasteiger partial charge in [-0.05, 0) is 44.2 Å². The molecule has 0 amide bonds. The Labute approximate surface area is 113 Å². The third-order valence-electron chi connectivity index (χ3n) is 3.31. The minimum atomic E-state index is 0.160. The fourth-order valence-corrected chi connectivity index (χ4v) is 2.32. The average Bonchev–Trinajstić information content (AvgIpc) is 2.73. The molecule has 19 heavy (non-hydrogen) atoms. The van der Waals surface area contributed by atoms with E-state index in [4.69, 9.17) is 5.26 Å². The van der Waals surface area contributed by atoms with E-state index in [1.165, 1.54) is 0 Å². The molecule has 0 aliphatic rings. The van der Waals surface area contributed by atoms with Crippen molar-refractivity contribution >= 4 is 5.78 Å². The van der Waals surface area contributed by atoms with Crippen LogP contribution in [-0.4, -0.2) is 10.4 Å². The van der Waals surface area contributed by atoms with Crippen LogP contribution in [0.3, 0.4) is 0 Å². The zero-order valence-corrected chi connectivity index (χ0v) is 11.4. The monoisotopic (exact) mass is 252 g/mol. The summed E-state index contributed by atoms with van der Waals surface area (Å²) in [5.74, 6) is 0.160. The molecule has 2 rings (SSSR count). The fraction of sp³-hybridized carbons (Fsp3) is 0.250. The minimum Gasteiger partial charge on any atom is -0.318 e. The molecule has 3 heteroatoms. The molecule has 0 saturated heterocycles. The third-order valence-corrected chi connectivity index (χ3v) is 3.31. The maximum absolute atomic E-state index is 11.9. The number of Topliss-reactive ketones (excluding diaryl/α,β-unsaturated/α-hetero) is 1. The molecule has 0 atom stereocenters. The number of benzene rings is 1. The van der Waals surface area contributed by atoms with Crippen molar-refractivity contribution in [3.8, 4) is 11.8 Å². The van der Waals surface area contributed by atoms with Crippen LogP contribution in [0.5, 0.6) is 0 Å². The SMILES string of the molecule is CCC(=O)c1cc(C)n(-c2ccc(C#N)cc2)c1C. The lowest BCUT2D eigenvalue weighted by molar-refractivity contribution is 0.0987. The highest BCUT2D eigenvalue weighted by atomic mass is 16.1. The van der Waals surface area contributed by atoms with Crippen molar-refractivity contribution in [3.05, 3.63) is 52.8 Å². The molecule has 0 spiro atoms. The summed E-state index contributed by atoms with van der Waals surface area (Å²) in [6, 6.07) is 11.4. The molecule has 1 heterocycles. The summed E-state index contributed by atoms with van der Waals surface area (Å²) in [6.45, 7) is 5.81. The smallest absolute Gasteiger partial charge is 0.164 e. The van der Waals surface area contributed by atoms with E-state index < -0.39 is 0 Å². The fourth-order valence-electron chi connectivity index (χ4n) is 2.32. The molecule has 3 nitrogen and oxygen atoms in total. The molecular formula is C16H16N2O. The molecule has 1 aromatic heterocycles. The topological polar surface area (TPSA) is 45.8 Å². The van der Waals surface area contributed by atoms with Gasteiger partial charge in [0.1, 0.15) is 0 Å². The summed E-state index contributed by atoms with van der Waals surface area (Å²) in [5.41, 5.74) is 4.37. The molecule has 0 bridgehead atoms. The predicted molar refractivity (Wildman–Crippen MR) is 74.6 cm³/mol. The Morgan fingerprint density at radius 3 is 2.42 bits per heavy atom. The van der Waals surface area contributed by atoms with E-state index in [1.54, 1.807) is 12.1 Å². The second-order valence-electron chi connectivity index (χ2n) is 4.56. The van der Waals surface area contributed by atoms with Crippen LogP contribution in [-0.2, 0) is 0 Å². The van der Waals surface area contributed by atoms with Crippen LogP contribution in [0.15, 0.2) is 30.3 Å². The van der Waals surface area contributed by atoms with E-state index in [2.05, 4.69) is 6.07 Å². The van der Waals surface area contributed by atoms with Crippen molar-refractivity contribution < 1.29 is 4.79 Å². The van der Waals surface area contributed by atoms with Gasteiger partial charge >= 0.3 is 0 Å². The van der Waals surface area contributed by atoms with Gasteiger partial charge in [-0.25, -0.2) is 0 Å². The average molecular weight is 252 g/mol. The molecule has 0 unspecified atom stereocenters. The van der Waals surface area contributed by atoms with Crippen LogP contribution in [0.2, 0.25) is 0 Å². The van der Waals surface area contributed by atoms with Crippen LogP contribution in [0.1, 0.15) is 40.7 Å². The number of ketones is 1. The maximum atomic E-state index is 11.9. The Balaban J connectivity index is 2.53. The molecule has 0 radical (unpaired) electrons. The highest BCUT2D eigenvalue weighted by Crippen LogP contribution is 2.22. The van der Waals surface area contributed by atoms with E-state index in [1.807, 2.05) is 43.5 Å². The van der Waals surface area contributed by atoms with E-state index in [0.717, 1.165) is 22.6 Å². The Morgan fingerprint density at radius 1 is 1.26 bits per heavy atom. The first-order valence-electron chi connectivity index (χ1n) is 6.31. The number of carbonyl (C=O) groups is 1. The number of hydrogen-bond donors (Lipinski definition) is 0. The van der Waals surface area contributed by atoms with Gasteiger partial charge in [0.05, 0.1) is 11.6 Å². The van der Waals surface area contributed by atoms with Crippen molar-refractivity contribution in [1.82, 2.24) is 4.57 Å². The van der Waals surface area contributed by atoms with E-state index in [0.29, 0.717) is 12.0 Å². The summed E-state index contributed by atoms with van der Waals surface area (Å²) in [5, 5.41) is 8.82. The first-order valence-corrected chi connectivity index (χ1v) is 6.31. The zero-order chi connectivity index (χ0) is 14.0. The number of aromatic nitrogens is 1. The van der Waals surface area contributed by atoms with Crippen LogP contribution >= 0.6 is 0 Å². The molecule has 0 N–H and O–H groups in total. The second-order valence-corrected chi connectivity index (χ2v) is 4.56. The largest absolute Gasteiger partial charge is 0.318 e. The summed E-state index contributed by atoms with van der Waals surface area (Å²) in [7, 11) is 0. The first-order chi connectivity index (χ1) is 9.08.